The van der Waals surface area contributed by atoms with Crippen molar-refractivity contribution in [2.24, 2.45) is 0 Å². The number of carboxylic acid groups (broad SMARTS) is 2. The van der Waals surface area contributed by atoms with Crippen molar-refractivity contribution in [3.8, 4) is 56.3 Å². The van der Waals surface area contributed by atoms with Gasteiger partial charge in [0, 0.05) is 114 Å². The fourth-order valence-corrected chi connectivity index (χ4v) is 15.3. The van der Waals surface area contributed by atoms with E-state index in [-0.39, 0.29) is 47.3 Å². The van der Waals surface area contributed by atoms with E-state index in [9.17, 15) is 74.3 Å². The summed E-state index contributed by atoms with van der Waals surface area (Å²) in [6.45, 7) is 7.91. The van der Waals surface area contributed by atoms with Crippen LogP contribution >= 0.6 is 0 Å². The van der Waals surface area contributed by atoms with E-state index in [1.54, 1.807) is 81.2 Å². The zero-order chi connectivity index (χ0) is 84.1. The van der Waals surface area contributed by atoms with Gasteiger partial charge in [0.05, 0.1) is 43.6 Å². The predicted octanol–water partition coefficient (Wildman–Crippen LogP) is 8.37. The Balaban J connectivity index is 0.000000117. The topological polar surface area (TPSA) is 442 Å². The Hall–Kier alpha value is -13.1. The molecule has 20 rings (SSSR count). The molecule has 0 saturated carbocycles. The lowest BCUT2D eigenvalue weighted by atomic mass is 9.89. The van der Waals surface area contributed by atoms with E-state index in [2.05, 4.69) is 56.8 Å². The molecule has 0 unspecified atom stereocenters. The van der Waals surface area contributed by atoms with E-state index in [4.69, 9.17) is 34.0 Å². The van der Waals surface area contributed by atoms with Crippen molar-refractivity contribution in [3.05, 3.63) is 184 Å². The number of carbonyl (C=O) groups is 12. The highest BCUT2D eigenvalue weighted by Gasteiger charge is 2.44. The van der Waals surface area contributed by atoms with Crippen molar-refractivity contribution in [3.63, 3.8) is 0 Å². The second kappa shape index (κ2) is 35.0. The summed E-state index contributed by atoms with van der Waals surface area (Å²) in [5, 5.41) is 53.2. The molecule has 5 N–H and O–H groups in total. The minimum absolute atomic E-state index is 0.124. The maximum atomic E-state index is 12.5. The molecule has 5 fully saturated rings. The Labute approximate surface area is 668 Å². The number of carboxylic acids is 2. The third-order valence-corrected chi connectivity index (χ3v) is 21.3. The van der Waals surface area contributed by atoms with Crippen LogP contribution in [0.3, 0.4) is 0 Å². The molecule has 614 valence electrons. The van der Waals surface area contributed by atoms with Gasteiger partial charge in [0.15, 0.2) is 17.1 Å². The van der Waals surface area contributed by atoms with Gasteiger partial charge in [0.2, 0.25) is 28.9 Å². The van der Waals surface area contributed by atoms with Gasteiger partial charge in [-0.25, -0.2) is 28.6 Å². The number of rotatable bonds is 5. The normalized spacial score (nSPS) is 17.6. The number of quaternary nitrogens is 1. The largest absolute Gasteiger partial charge is 0.490 e. The molecule has 0 bridgehead atoms. The van der Waals surface area contributed by atoms with Gasteiger partial charge in [0.1, 0.15) is 39.9 Å². The lowest BCUT2D eigenvalue weighted by Gasteiger charge is -2.25. The number of ether oxygens (including phenoxy) is 3. The number of Topliss-reactive ketones (excluding diaryl/α,β-unsaturated/α-hetero) is 10. The van der Waals surface area contributed by atoms with E-state index in [0.717, 1.165) is 107 Å². The number of benzene rings is 5. The highest BCUT2D eigenvalue weighted by atomic mass is 19.4. The smallest absolute Gasteiger partial charge is 0.475 e. The number of nitrogens with zero attached hydrogens (tertiary/aromatic N) is 14. The number of halogens is 6. The maximum Gasteiger partial charge on any atom is 0.490 e. The number of hydrogen-bond donors (Lipinski definition) is 4. The summed E-state index contributed by atoms with van der Waals surface area (Å²) in [5.74, 6) is -10.5. The lowest BCUT2D eigenvalue weighted by molar-refractivity contribution is -0.664. The first-order valence-corrected chi connectivity index (χ1v) is 37.9. The van der Waals surface area contributed by atoms with E-state index >= 15 is 0 Å². The van der Waals surface area contributed by atoms with Gasteiger partial charge in [-0.1, -0.05) is 137 Å². The standard InChI is InChI=1S/C16H14N2O3.2C15H14N4O2.2C15H13N3O3.2C2HF3O2/c19-15-12-4-2-1-3-11(12)13-14(16(15)20)18(9-17-13)10-5-7-21-8-6-10;20-14-11-4-2-1-3-10(11)13-12(15(14)21)17-18-19(13)9-5-7-16-8-6-9;20-14-11-4-2-1-3-10(11)12-13(15(14)21)19(18-17-12)9-5-7-16-8-6-9;19-14-11-4-2-1-3-10(11)13-12(15(14)20)16-17-18(13)9-5-7-21-8-6-9;19-14-11-4-2-1-3-10(11)12-13(15(14)20)17-18(16-12)9-5-7-21-8-6-9;2*3-2(4,5)1(6)7/h1-4,9-10H,5-8H2;2*1-4,9,16H,5-8H2;2*1-4,9H,5-8H2;2*(H,6,7)/p+1. The fourth-order valence-electron chi connectivity index (χ4n) is 15.3. The molecule has 5 aromatic carbocycles. The number of alkyl halides is 6. The van der Waals surface area contributed by atoms with Crippen molar-refractivity contribution >= 4 is 69.8 Å². The third kappa shape index (κ3) is 16.7. The van der Waals surface area contributed by atoms with Gasteiger partial charge in [-0.2, -0.15) is 36.2 Å². The quantitative estimate of drug-likeness (QED) is 0.0928. The summed E-state index contributed by atoms with van der Waals surface area (Å²) in [4.78, 5) is 146. The number of aliphatic carboxylic acids is 2. The molecule has 0 amide bonds. The average Bonchev–Trinajstić information content (AvgIpc) is 1.40. The molecular formula is C80H71F6N16O17+. The van der Waals surface area contributed by atoms with Crippen LogP contribution in [0.15, 0.2) is 128 Å². The highest BCUT2D eigenvalue weighted by Crippen LogP contribution is 2.41. The van der Waals surface area contributed by atoms with Crippen LogP contribution in [-0.2, 0) is 23.8 Å². The van der Waals surface area contributed by atoms with Crippen molar-refractivity contribution in [1.29, 1.82) is 0 Å². The number of aromatic nitrogens is 14. The number of nitrogens with one attached hydrogen (secondary N) is 1. The van der Waals surface area contributed by atoms with E-state index in [1.807, 2.05) is 69.9 Å². The number of imidazole rings is 1. The van der Waals surface area contributed by atoms with Crippen LogP contribution < -0.4 is 10.6 Å². The molecule has 39 heteroatoms. The number of carbonyl (C=O) groups excluding carboxylic acids is 10. The number of ketones is 10. The Kier molecular flexibility index (Phi) is 24.2. The van der Waals surface area contributed by atoms with Crippen LogP contribution in [0.2, 0.25) is 0 Å². The molecule has 5 saturated heterocycles. The number of piperidine rings is 2. The molecule has 0 atom stereocenters. The van der Waals surface area contributed by atoms with E-state index in [1.165, 1.54) is 0 Å². The minimum Gasteiger partial charge on any atom is -0.475 e. The summed E-state index contributed by atoms with van der Waals surface area (Å²) in [6, 6.07) is 36.5. The minimum atomic E-state index is -5.08. The molecule has 10 aromatic rings. The zero-order valence-electron chi connectivity index (χ0n) is 62.8. The first kappa shape index (κ1) is 82.4. The highest BCUT2D eigenvalue weighted by molar-refractivity contribution is 6.55. The maximum absolute atomic E-state index is 12.5. The summed E-state index contributed by atoms with van der Waals surface area (Å²) in [6.07, 6.45) is 0.276. The fraction of sp³-hybridized carbons (Fsp3) is 0.338. The molecule has 5 aromatic heterocycles. The van der Waals surface area contributed by atoms with Crippen LogP contribution in [0.1, 0.15) is 199 Å². The van der Waals surface area contributed by atoms with Crippen molar-refractivity contribution in [2.45, 2.75) is 107 Å². The van der Waals surface area contributed by atoms with Gasteiger partial charge in [-0.15, -0.1) is 20.4 Å². The molecule has 33 nitrogen and oxygen atoms in total. The number of hydrogen-bond acceptors (Lipinski definition) is 25. The molecule has 0 radical (unpaired) electrons. The average molecular weight is 1640 g/mol. The Morgan fingerprint density at radius 2 is 0.664 bits per heavy atom. The van der Waals surface area contributed by atoms with Gasteiger partial charge in [-0.3, -0.25) is 47.9 Å². The second-order valence-corrected chi connectivity index (χ2v) is 28.5. The molecule has 0 spiro atoms. The van der Waals surface area contributed by atoms with Crippen LogP contribution in [0.4, 0.5) is 26.3 Å². The SMILES string of the molecule is O=C(O)C(F)(F)F.O=C(O)C(F)(F)F.O=C1C(=O)c2c(ncn2C2CCOCC2)-c2ccccc21.O=C1C(=O)c2c(nnn2C2CCNCC2)-c2ccccc21.O=C1C(=O)c2nn(C3CCOCC3)nc2-c2ccccc21.O=C1C(=O)c2nnn(C3CCOCC3)c2-c2ccccc21.O=C1C(=O)c2nnn(C3CC[NH2+]CC3)c2-c2ccccc21. The first-order chi connectivity index (χ1) is 57.2. The number of fused-ring (bicyclic) bond motifs is 15. The zero-order valence-corrected chi connectivity index (χ0v) is 62.8. The predicted molar refractivity (Wildman–Crippen MR) is 399 cm³/mol. The Morgan fingerprint density at radius 3 is 1.09 bits per heavy atom. The lowest BCUT2D eigenvalue weighted by Crippen LogP contribution is -2.86. The van der Waals surface area contributed by atoms with E-state index < -0.39 is 82.1 Å². The van der Waals surface area contributed by atoms with Gasteiger partial charge in [-0.05, 0) is 64.5 Å². The van der Waals surface area contributed by atoms with Gasteiger partial charge in [0.25, 0.3) is 28.9 Å². The monoisotopic (exact) mass is 1640 g/mol. The summed E-state index contributed by atoms with van der Waals surface area (Å²) < 4.78 is 86.7. The molecule has 10 aliphatic rings. The van der Waals surface area contributed by atoms with Crippen LogP contribution in [-0.4, -0.2) is 228 Å². The molecular weight excluding hydrogens is 1570 g/mol. The van der Waals surface area contributed by atoms with Crippen molar-refractivity contribution < 1.29 is 114 Å². The summed E-state index contributed by atoms with van der Waals surface area (Å²) in [7, 11) is 0. The molecule has 10 heterocycles. The molecule has 119 heavy (non-hydrogen) atoms. The van der Waals surface area contributed by atoms with Crippen LogP contribution in [0.5, 0.6) is 0 Å². The second-order valence-electron chi connectivity index (χ2n) is 28.5. The molecule has 5 aliphatic heterocycles. The van der Waals surface area contributed by atoms with Crippen LogP contribution in [0, 0.1) is 0 Å². The van der Waals surface area contributed by atoms with Gasteiger partial charge >= 0.3 is 24.3 Å². The summed E-state index contributed by atoms with van der Waals surface area (Å²) >= 11 is 0. The first-order valence-electron chi connectivity index (χ1n) is 37.9. The van der Waals surface area contributed by atoms with Gasteiger partial charge < -0.3 is 39.6 Å². The van der Waals surface area contributed by atoms with Crippen LogP contribution in [0.25, 0.3) is 56.3 Å². The Bertz CT molecular complexity index is 5340. The Morgan fingerprint density at radius 1 is 0.353 bits per heavy atom. The molecule has 5 aliphatic carbocycles. The number of nitrogens with two attached hydrogens (primary N) is 1. The third-order valence-electron chi connectivity index (χ3n) is 21.3. The van der Waals surface area contributed by atoms with Crippen molar-refractivity contribution in [2.75, 3.05) is 65.8 Å². The van der Waals surface area contributed by atoms with E-state index in [0.29, 0.717) is 118 Å². The van der Waals surface area contributed by atoms with Crippen molar-refractivity contribution in [1.82, 2.24) is 74.8 Å². The summed E-state index contributed by atoms with van der Waals surface area (Å²) in [5.41, 5.74) is 10.2.